The number of nitrogens with one attached hydrogen (secondary N) is 2. The molecule has 0 aliphatic carbocycles. The molecule has 0 heterocycles. The molecule has 0 unspecified atom stereocenters. The van der Waals surface area contributed by atoms with Gasteiger partial charge in [-0.15, -0.1) is 0 Å². The number of rotatable bonds is 1. The minimum absolute atomic E-state index is 0. The van der Waals surface area contributed by atoms with Crippen LogP contribution in [0.4, 0.5) is 4.79 Å². The summed E-state index contributed by atoms with van der Waals surface area (Å²) in [5.41, 5.74) is 8.17. The van der Waals surface area contributed by atoms with Crippen molar-refractivity contribution in [3.05, 3.63) is 0 Å². The Labute approximate surface area is 76.2 Å². The Balaban J connectivity index is 0. The third-order valence-electron chi connectivity index (χ3n) is 0.242. The van der Waals surface area contributed by atoms with Gasteiger partial charge in [0.1, 0.15) is 0 Å². The van der Waals surface area contributed by atoms with Crippen LogP contribution in [0.3, 0.4) is 0 Å². The minimum atomic E-state index is -0.776. The van der Waals surface area contributed by atoms with E-state index in [1.165, 1.54) is 6.19 Å². The molecule has 0 spiro atoms. The Morgan fingerprint density at radius 3 is 2.38 bits per heavy atom. The number of hydrazine groups is 1. The molecule has 8 heavy (non-hydrogen) atoms. The molecule has 0 saturated carbocycles. The molecule has 0 aromatic heterocycles. The predicted molar refractivity (Wildman–Crippen MR) is 30.0 cm³/mol. The third kappa shape index (κ3) is 9.27. The van der Waals surface area contributed by atoms with Gasteiger partial charge in [-0.3, -0.25) is 0 Å². The summed E-state index contributed by atoms with van der Waals surface area (Å²) in [6.07, 6.45) is 1.44. The average molecular weight is 142 g/mol. The van der Waals surface area contributed by atoms with Gasteiger partial charge in [0.05, 0.1) is 0 Å². The van der Waals surface area contributed by atoms with Crippen LogP contribution in [-0.4, -0.2) is 43.8 Å². The first-order valence-corrected chi connectivity index (χ1v) is 1.47. The summed E-state index contributed by atoms with van der Waals surface area (Å²) in [5.74, 6) is 0. The summed E-state index contributed by atoms with van der Waals surface area (Å²) >= 11 is 0. The van der Waals surface area contributed by atoms with E-state index >= 15 is 0 Å². The Morgan fingerprint density at radius 2 is 2.25 bits per heavy atom. The first-order valence-electron chi connectivity index (χ1n) is 1.47. The van der Waals surface area contributed by atoms with Gasteiger partial charge < -0.3 is 5.73 Å². The van der Waals surface area contributed by atoms with E-state index in [4.69, 9.17) is 5.26 Å². The van der Waals surface area contributed by atoms with Crippen molar-refractivity contribution in [1.82, 2.24) is 10.9 Å². The van der Waals surface area contributed by atoms with E-state index in [9.17, 15) is 4.79 Å². The molecular formula is C2H6CaN4O. The van der Waals surface area contributed by atoms with Crippen LogP contribution < -0.4 is 16.6 Å². The van der Waals surface area contributed by atoms with Gasteiger partial charge in [0.15, 0.2) is 6.19 Å². The summed E-state index contributed by atoms with van der Waals surface area (Å²) < 4.78 is 0. The van der Waals surface area contributed by atoms with E-state index in [1.54, 1.807) is 0 Å². The van der Waals surface area contributed by atoms with Crippen LogP contribution in [0.1, 0.15) is 0 Å². The van der Waals surface area contributed by atoms with Crippen molar-refractivity contribution in [3.8, 4) is 6.19 Å². The number of nitrogens with zero attached hydrogens (tertiary/aromatic N) is 1. The van der Waals surface area contributed by atoms with Crippen molar-refractivity contribution in [2.45, 2.75) is 0 Å². The summed E-state index contributed by atoms with van der Waals surface area (Å²) in [6.45, 7) is 0. The van der Waals surface area contributed by atoms with E-state index in [1.807, 2.05) is 10.9 Å². The maximum absolute atomic E-state index is 9.66. The SMILES string of the molecule is N#CNNC(N)=O.[CaH2]. The van der Waals surface area contributed by atoms with Crippen molar-refractivity contribution in [3.63, 3.8) is 0 Å². The summed E-state index contributed by atoms with van der Waals surface area (Å²) in [5, 5.41) is 7.68. The molecular weight excluding hydrogens is 136 g/mol. The van der Waals surface area contributed by atoms with Gasteiger partial charge in [0, 0.05) is 0 Å². The average Bonchev–Trinajstić information content (AvgIpc) is 1.61. The molecule has 0 aromatic carbocycles. The zero-order chi connectivity index (χ0) is 5.70. The molecule has 6 heteroatoms. The van der Waals surface area contributed by atoms with Crippen LogP contribution in [-0.2, 0) is 0 Å². The Kier molecular flexibility index (Phi) is 9.15. The number of carbonyl (C=O) groups excluding carboxylic acids is 1. The number of urea groups is 1. The second-order valence-electron chi connectivity index (χ2n) is 0.726. The number of hydrogen-bond donors (Lipinski definition) is 3. The number of primary amides is 1. The van der Waals surface area contributed by atoms with Gasteiger partial charge in [0.2, 0.25) is 0 Å². The van der Waals surface area contributed by atoms with E-state index in [0.717, 1.165) is 0 Å². The molecule has 2 amide bonds. The van der Waals surface area contributed by atoms with E-state index < -0.39 is 6.03 Å². The summed E-state index contributed by atoms with van der Waals surface area (Å²) in [4.78, 5) is 9.66. The number of nitrogens with two attached hydrogens (primary N) is 1. The molecule has 0 aromatic rings. The van der Waals surface area contributed by atoms with Crippen LogP contribution in [0.5, 0.6) is 0 Å². The van der Waals surface area contributed by atoms with Crippen molar-refractivity contribution < 1.29 is 4.79 Å². The molecule has 0 rings (SSSR count). The van der Waals surface area contributed by atoms with E-state index in [2.05, 4.69) is 5.73 Å². The molecule has 42 valence electrons. The molecule has 0 fully saturated rings. The van der Waals surface area contributed by atoms with E-state index in [-0.39, 0.29) is 37.7 Å². The van der Waals surface area contributed by atoms with Gasteiger partial charge in [-0.05, 0) is 0 Å². The van der Waals surface area contributed by atoms with Crippen molar-refractivity contribution in [2.24, 2.45) is 5.73 Å². The Morgan fingerprint density at radius 1 is 1.75 bits per heavy atom. The zero-order valence-corrected chi connectivity index (χ0v) is 3.43. The van der Waals surface area contributed by atoms with E-state index in [0.29, 0.717) is 0 Å². The monoisotopic (exact) mass is 142 g/mol. The first kappa shape index (κ1) is 10.7. The van der Waals surface area contributed by atoms with Gasteiger partial charge >= 0.3 is 43.8 Å². The van der Waals surface area contributed by atoms with Crippen LogP contribution in [0, 0.1) is 11.5 Å². The Hall–Kier alpha value is -0.180. The predicted octanol–water partition coefficient (Wildman–Crippen LogP) is -2.28. The molecule has 0 radical (unpaired) electrons. The second-order valence-corrected chi connectivity index (χ2v) is 0.726. The number of carbonyl (C=O) groups is 1. The van der Waals surface area contributed by atoms with Crippen molar-refractivity contribution >= 4 is 43.8 Å². The van der Waals surface area contributed by atoms with Crippen LogP contribution in [0.2, 0.25) is 0 Å². The summed E-state index contributed by atoms with van der Waals surface area (Å²) in [6, 6.07) is -0.776. The van der Waals surface area contributed by atoms with Crippen LogP contribution >= 0.6 is 0 Å². The fourth-order valence-corrected chi connectivity index (χ4v) is 0.0896. The molecule has 4 N–H and O–H groups in total. The zero-order valence-electron chi connectivity index (χ0n) is 3.43. The van der Waals surface area contributed by atoms with Gasteiger partial charge in [-0.2, -0.15) is 5.26 Å². The van der Waals surface area contributed by atoms with Crippen LogP contribution in [0.25, 0.3) is 0 Å². The number of hydrogen-bond acceptors (Lipinski definition) is 3. The molecule has 0 aliphatic rings. The fourth-order valence-electron chi connectivity index (χ4n) is 0.0896. The molecule has 0 aliphatic heterocycles. The van der Waals surface area contributed by atoms with Gasteiger partial charge in [0.25, 0.3) is 0 Å². The fraction of sp³-hybridized carbons (Fsp3) is 0. The van der Waals surface area contributed by atoms with Crippen LogP contribution in [0.15, 0.2) is 0 Å². The molecule has 5 nitrogen and oxygen atoms in total. The molecule has 0 bridgehead atoms. The summed E-state index contributed by atoms with van der Waals surface area (Å²) in [7, 11) is 0. The Bertz CT molecular complexity index is 107. The second kappa shape index (κ2) is 6.82. The third-order valence-corrected chi connectivity index (χ3v) is 0.242. The first-order chi connectivity index (χ1) is 3.27. The molecule has 0 saturated heterocycles. The standard InChI is InChI=1S/C2H4N4O.Ca.2H/c3-1-5-6-2(4)7;;;/h5H,(H3,4,6,7);;;. The van der Waals surface area contributed by atoms with Crippen molar-refractivity contribution in [1.29, 1.82) is 5.26 Å². The van der Waals surface area contributed by atoms with Gasteiger partial charge in [-0.25, -0.2) is 15.6 Å². The number of nitriles is 1. The maximum atomic E-state index is 9.66. The van der Waals surface area contributed by atoms with Crippen molar-refractivity contribution in [2.75, 3.05) is 0 Å². The topological polar surface area (TPSA) is 90.9 Å². The quantitative estimate of drug-likeness (QED) is 0.167. The normalized spacial score (nSPS) is 5.38. The van der Waals surface area contributed by atoms with Gasteiger partial charge in [-0.1, -0.05) is 0 Å². The number of amides is 2. The molecule has 0 atom stereocenters.